The highest BCUT2D eigenvalue weighted by atomic mass is 16.2. The van der Waals surface area contributed by atoms with Gasteiger partial charge in [0.05, 0.1) is 12.6 Å². The first-order valence-electron chi connectivity index (χ1n) is 10.5. The maximum Gasteiger partial charge on any atom is 0.234 e. The Morgan fingerprint density at radius 1 is 1.07 bits per heavy atom. The van der Waals surface area contributed by atoms with Crippen LogP contribution in [0.5, 0.6) is 0 Å². The number of hydrogen-bond donors (Lipinski definition) is 1. The van der Waals surface area contributed by atoms with Crippen LogP contribution in [0, 0.1) is 5.92 Å². The van der Waals surface area contributed by atoms with E-state index in [1.54, 1.807) is 0 Å². The summed E-state index contributed by atoms with van der Waals surface area (Å²) in [5.41, 5.74) is 4.13. The quantitative estimate of drug-likeness (QED) is 0.866. The molecule has 2 amide bonds. The van der Waals surface area contributed by atoms with Crippen molar-refractivity contribution in [3.8, 4) is 0 Å². The molecular formula is C22H31N3O2. The standard InChI is InChI=1S/C22H31N3O2/c1-16(19-9-6-17-4-2-3-5-20(17)14-19)23-21(26)15-24-10-12-25(13-11-24)22(27)18-7-8-18/h6,9,14,16,18H,2-5,7-8,10-13,15H2,1H3,(H,23,26)/t16-/m0/s1. The molecule has 5 heteroatoms. The number of amides is 2. The Morgan fingerprint density at radius 3 is 2.48 bits per heavy atom. The van der Waals surface area contributed by atoms with E-state index < -0.39 is 0 Å². The van der Waals surface area contributed by atoms with Crippen LogP contribution in [0.4, 0.5) is 0 Å². The first kappa shape index (κ1) is 18.5. The van der Waals surface area contributed by atoms with Crippen LogP contribution in [0.15, 0.2) is 18.2 Å². The molecule has 3 aliphatic rings. The van der Waals surface area contributed by atoms with E-state index >= 15 is 0 Å². The fourth-order valence-electron chi connectivity index (χ4n) is 4.31. The summed E-state index contributed by atoms with van der Waals surface area (Å²) in [6.07, 6.45) is 7.02. The van der Waals surface area contributed by atoms with Gasteiger partial charge < -0.3 is 10.2 Å². The van der Waals surface area contributed by atoms with Crippen molar-refractivity contribution in [3.05, 3.63) is 34.9 Å². The molecular weight excluding hydrogens is 338 g/mol. The summed E-state index contributed by atoms with van der Waals surface area (Å²) >= 11 is 0. The van der Waals surface area contributed by atoms with Crippen LogP contribution in [0.1, 0.15) is 55.3 Å². The molecule has 1 atom stereocenters. The lowest BCUT2D eigenvalue weighted by molar-refractivity contribution is -0.134. The van der Waals surface area contributed by atoms with E-state index in [0.717, 1.165) is 45.4 Å². The molecule has 0 aromatic heterocycles. The van der Waals surface area contributed by atoms with Gasteiger partial charge in [-0.2, -0.15) is 0 Å². The predicted octanol–water partition coefficient (Wildman–Crippen LogP) is 2.30. The van der Waals surface area contributed by atoms with Crippen molar-refractivity contribution in [1.82, 2.24) is 15.1 Å². The molecule has 1 saturated carbocycles. The van der Waals surface area contributed by atoms with Gasteiger partial charge in [-0.25, -0.2) is 0 Å². The summed E-state index contributed by atoms with van der Waals surface area (Å²) in [6.45, 7) is 5.57. The van der Waals surface area contributed by atoms with Gasteiger partial charge in [0.2, 0.25) is 11.8 Å². The third kappa shape index (κ3) is 4.52. The third-order valence-corrected chi connectivity index (χ3v) is 6.23. The van der Waals surface area contributed by atoms with E-state index in [9.17, 15) is 9.59 Å². The molecule has 1 saturated heterocycles. The van der Waals surface area contributed by atoms with Crippen molar-refractivity contribution in [2.24, 2.45) is 5.92 Å². The Morgan fingerprint density at radius 2 is 1.78 bits per heavy atom. The summed E-state index contributed by atoms with van der Waals surface area (Å²) in [4.78, 5) is 28.7. The molecule has 2 aliphatic carbocycles. The number of hydrogen-bond acceptors (Lipinski definition) is 3. The van der Waals surface area contributed by atoms with Crippen molar-refractivity contribution in [2.45, 2.75) is 51.5 Å². The van der Waals surface area contributed by atoms with Gasteiger partial charge in [-0.15, -0.1) is 0 Å². The summed E-state index contributed by atoms with van der Waals surface area (Å²) < 4.78 is 0. The van der Waals surface area contributed by atoms with Gasteiger partial charge in [0.25, 0.3) is 0 Å². The fourth-order valence-corrected chi connectivity index (χ4v) is 4.31. The number of benzene rings is 1. The molecule has 27 heavy (non-hydrogen) atoms. The van der Waals surface area contributed by atoms with Crippen LogP contribution in [-0.4, -0.2) is 54.3 Å². The maximum absolute atomic E-state index is 12.5. The lowest BCUT2D eigenvalue weighted by Gasteiger charge is -2.34. The molecule has 1 heterocycles. The van der Waals surface area contributed by atoms with Crippen LogP contribution >= 0.6 is 0 Å². The zero-order chi connectivity index (χ0) is 18.8. The number of carbonyl (C=O) groups is 2. The minimum atomic E-state index is 0.0301. The van der Waals surface area contributed by atoms with E-state index in [4.69, 9.17) is 0 Å². The van der Waals surface area contributed by atoms with E-state index in [1.807, 2.05) is 4.90 Å². The van der Waals surface area contributed by atoms with Crippen LogP contribution < -0.4 is 5.32 Å². The lowest BCUT2D eigenvalue weighted by Crippen LogP contribution is -2.51. The van der Waals surface area contributed by atoms with Crippen LogP contribution in [0.2, 0.25) is 0 Å². The second-order valence-corrected chi connectivity index (χ2v) is 8.40. The SMILES string of the molecule is C[C@H](NC(=O)CN1CCN(C(=O)C2CC2)CC1)c1ccc2c(c1)CCCC2. The van der Waals surface area contributed by atoms with Crippen molar-refractivity contribution in [3.63, 3.8) is 0 Å². The Bertz CT molecular complexity index is 706. The van der Waals surface area contributed by atoms with E-state index in [2.05, 4.69) is 35.3 Å². The zero-order valence-electron chi connectivity index (χ0n) is 16.4. The van der Waals surface area contributed by atoms with Crippen LogP contribution in [-0.2, 0) is 22.4 Å². The fraction of sp³-hybridized carbons (Fsp3) is 0.636. The molecule has 0 radical (unpaired) electrons. The molecule has 1 aliphatic heterocycles. The van der Waals surface area contributed by atoms with E-state index in [0.29, 0.717) is 12.5 Å². The van der Waals surface area contributed by atoms with Gasteiger partial charge in [-0.05, 0) is 62.1 Å². The molecule has 0 unspecified atom stereocenters. The van der Waals surface area contributed by atoms with Gasteiger partial charge in [0.15, 0.2) is 0 Å². The molecule has 2 fully saturated rings. The van der Waals surface area contributed by atoms with E-state index in [1.165, 1.54) is 36.0 Å². The number of nitrogens with one attached hydrogen (secondary N) is 1. The van der Waals surface area contributed by atoms with Crippen LogP contribution in [0.25, 0.3) is 0 Å². The number of piperazine rings is 1. The molecule has 4 rings (SSSR count). The number of fused-ring (bicyclic) bond motifs is 1. The Labute approximate surface area is 162 Å². The zero-order valence-corrected chi connectivity index (χ0v) is 16.4. The Hall–Kier alpha value is -1.88. The summed E-state index contributed by atoms with van der Waals surface area (Å²) in [7, 11) is 0. The Balaban J connectivity index is 1.25. The number of carbonyl (C=O) groups excluding carboxylic acids is 2. The first-order valence-corrected chi connectivity index (χ1v) is 10.5. The van der Waals surface area contributed by atoms with Crippen molar-refractivity contribution < 1.29 is 9.59 Å². The maximum atomic E-state index is 12.5. The van der Waals surface area contributed by atoms with Gasteiger partial charge >= 0.3 is 0 Å². The van der Waals surface area contributed by atoms with Crippen molar-refractivity contribution >= 4 is 11.8 Å². The van der Waals surface area contributed by atoms with Crippen molar-refractivity contribution in [2.75, 3.05) is 32.7 Å². The van der Waals surface area contributed by atoms with Crippen LogP contribution in [0.3, 0.4) is 0 Å². The molecule has 0 spiro atoms. The smallest absolute Gasteiger partial charge is 0.234 e. The molecule has 1 aromatic rings. The molecule has 1 aromatic carbocycles. The number of rotatable bonds is 5. The molecule has 146 valence electrons. The van der Waals surface area contributed by atoms with Gasteiger partial charge in [-0.1, -0.05) is 18.2 Å². The highest BCUT2D eigenvalue weighted by Crippen LogP contribution is 2.31. The summed E-state index contributed by atoms with van der Waals surface area (Å²) in [5.74, 6) is 0.680. The first-order chi connectivity index (χ1) is 13.1. The molecule has 5 nitrogen and oxygen atoms in total. The third-order valence-electron chi connectivity index (χ3n) is 6.23. The average Bonchev–Trinajstić information content (AvgIpc) is 3.53. The average molecular weight is 370 g/mol. The highest BCUT2D eigenvalue weighted by Gasteiger charge is 2.34. The largest absolute Gasteiger partial charge is 0.348 e. The lowest BCUT2D eigenvalue weighted by atomic mass is 9.89. The summed E-state index contributed by atoms with van der Waals surface area (Å²) in [5, 5.41) is 3.15. The highest BCUT2D eigenvalue weighted by molar-refractivity contribution is 5.81. The van der Waals surface area contributed by atoms with E-state index in [-0.39, 0.29) is 17.9 Å². The molecule has 0 bridgehead atoms. The minimum absolute atomic E-state index is 0.0301. The normalized spacial score (nSPS) is 21.4. The summed E-state index contributed by atoms with van der Waals surface area (Å²) in [6, 6.07) is 6.71. The molecule has 1 N–H and O–H groups in total. The monoisotopic (exact) mass is 369 g/mol. The number of nitrogens with zero attached hydrogens (tertiary/aromatic N) is 2. The minimum Gasteiger partial charge on any atom is -0.348 e. The van der Waals surface area contributed by atoms with Crippen molar-refractivity contribution in [1.29, 1.82) is 0 Å². The predicted molar refractivity (Wildman–Crippen MR) is 105 cm³/mol. The topological polar surface area (TPSA) is 52.7 Å². The van der Waals surface area contributed by atoms with Gasteiger partial charge in [0.1, 0.15) is 0 Å². The second-order valence-electron chi connectivity index (χ2n) is 8.40. The number of aryl methyl sites for hydroxylation is 2. The van der Waals surface area contributed by atoms with Gasteiger partial charge in [0, 0.05) is 32.1 Å². The van der Waals surface area contributed by atoms with Gasteiger partial charge in [-0.3, -0.25) is 14.5 Å². The second kappa shape index (κ2) is 8.01. The Kier molecular flexibility index (Phi) is 5.48.